The predicted octanol–water partition coefficient (Wildman–Crippen LogP) is 2.50. The van der Waals surface area contributed by atoms with Crippen molar-refractivity contribution >= 4 is 5.97 Å². The summed E-state index contributed by atoms with van der Waals surface area (Å²) in [7, 11) is 0. The topological polar surface area (TPSA) is 61.1 Å². The molecule has 5 heteroatoms. The summed E-state index contributed by atoms with van der Waals surface area (Å²) < 4.78 is 25.0. The summed E-state index contributed by atoms with van der Waals surface area (Å²) in [5.74, 6) is -1.41. The van der Waals surface area contributed by atoms with Gasteiger partial charge in [-0.15, -0.1) is 0 Å². The van der Waals surface area contributed by atoms with Crippen molar-refractivity contribution in [3.05, 3.63) is 34.4 Å². The molecule has 0 unspecified atom stereocenters. The number of aromatic carboxylic acids is 1. The third-order valence-electron chi connectivity index (χ3n) is 1.94. The van der Waals surface area contributed by atoms with Gasteiger partial charge in [-0.1, -0.05) is 0 Å². The van der Waals surface area contributed by atoms with E-state index in [0.29, 0.717) is 0 Å². The lowest BCUT2D eigenvalue weighted by Crippen LogP contribution is -2.06. The highest BCUT2D eigenvalue weighted by molar-refractivity contribution is 5.91. The Morgan fingerprint density at radius 3 is 2.53 bits per heavy atom. The monoisotopic (exact) mass is 211 g/mol. The number of aryl methyl sites for hydroxylation is 1. The molecule has 1 aromatic rings. The molecule has 1 N–H and O–H groups in total. The van der Waals surface area contributed by atoms with Crippen LogP contribution in [0.4, 0.5) is 8.78 Å². The van der Waals surface area contributed by atoms with Gasteiger partial charge in [0.15, 0.2) is 0 Å². The second kappa shape index (κ2) is 4.05. The van der Waals surface area contributed by atoms with Crippen LogP contribution in [0.15, 0.2) is 12.1 Å². The molecule has 15 heavy (non-hydrogen) atoms. The fourth-order valence-corrected chi connectivity index (χ4v) is 1.34. The second-order valence-corrected chi connectivity index (χ2v) is 2.98. The highest BCUT2D eigenvalue weighted by Crippen LogP contribution is 2.26. The molecule has 0 aliphatic heterocycles. The van der Waals surface area contributed by atoms with Crippen LogP contribution < -0.4 is 0 Å². The molecule has 0 fully saturated rings. The first-order chi connectivity index (χ1) is 6.97. The highest BCUT2D eigenvalue weighted by atomic mass is 19.3. The van der Waals surface area contributed by atoms with Crippen LogP contribution in [0.5, 0.6) is 0 Å². The van der Waals surface area contributed by atoms with Crippen LogP contribution in [0.1, 0.15) is 33.5 Å². The van der Waals surface area contributed by atoms with Gasteiger partial charge in [-0.05, 0) is 24.6 Å². The fourth-order valence-electron chi connectivity index (χ4n) is 1.34. The number of carbonyl (C=O) groups is 1. The van der Waals surface area contributed by atoms with Crippen LogP contribution in [-0.4, -0.2) is 11.1 Å². The maximum Gasteiger partial charge on any atom is 0.336 e. The molecule has 1 rings (SSSR count). The Morgan fingerprint density at radius 2 is 2.13 bits per heavy atom. The van der Waals surface area contributed by atoms with Gasteiger partial charge in [0.05, 0.1) is 17.2 Å². The van der Waals surface area contributed by atoms with Gasteiger partial charge in [0, 0.05) is 5.56 Å². The Labute approximate surface area is 84.6 Å². The predicted molar refractivity (Wildman–Crippen MR) is 47.8 cm³/mol. The Balaban J connectivity index is 3.51. The molecule has 0 bridgehead atoms. The minimum Gasteiger partial charge on any atom is -0.478 e. The maximum absolute atomic E-state index is 12.5. The van der Waals surface area contributed by atoms with E-state index >= 15 is 0 Å². The molecule has 0 heterocycles. The van der Waals surface area contributed by atoms with Gasteiger partial charge in [-0.2, -0.15) is 5.26 Å². The minimum absolute atomic E-state index is 0.0350. The van der Waals surface area contributed by atoms with Crippen LogP contribution in [0, 0.1) is 18.3 Å². The smallest absolute Gasteiger partial charge is 0.336 e. The molecule has 0 saturated heterocycles. The highest BCUT2D eigenvalue weighted by Gasteiger charge is 2.20. The van der Waals surface area contributed by atoms with Gasteiger partial charge in [0.25, 0.3) is 6.43 Å². The van der Waals surface area contributed by atoms with Crippen LogP contribution in [0.2, 0.25) is 0 Å². The van der Waals surface area contributed by atoms with E-state index in [-0.39, 0.29) is 11.1 Å². The number of carboxylic acid groups (broad SMARTS) is 1. The van der Waals surface area contributed by atoms with Crippen LogP contribution in [-0.2, 0) is 0 Å². The molecular formula is C10H7F2NO2. The number of halogens is 2. The van der Waals surface area contributed by atoms with Crippen molar-refractivity contribution in [2.24, 2.45) is 0 Å². The van der Waals surface area contributed by atoms with Gasteiger partial charge < -0.3 is 5.11 Å². The lowest BCUT2D eigenvalue weighted by Gasteiger charge is -2.08. The summed E-state index contributed by atoms with van der Waals surface area (Å²) in [6.07, 6.45) is -2.90. The SMILES string of the molecule is Cc1cc(C#N)cc(C(F)F)c1C(=O)O. The van der Waals surface area contributed by atoms with E-state index < -0.39 is 23.5 Å². The van der Waals surface area contributed by atoms with E-state index in [2.05, 4.69) is 0 Å². The first-order valence-corrected chi connectivity index (χ1v) is 4.03. The molecule has 0 aliphatic rings. The number of benzene rings is 1. The molecule has 78 valence electrons. The zero-order valence-corrected chi connectivity index (χ0v) is 7.79. The van der Waals surface area contributed by atoms with Gasteiger partial charge in [-0.25, -0.2) is 13.6 Å². The zero-order chi connectivity index (χ0) is 11.6. The summed E-state index contributed by atoms with van der Waals surface area (Å²) in [5, 5.41) is 17.3. The number of rotatable bonds is 2. The summed E-state index contributed by atoms with van der Waals surface area (Å²) in [6, 6.07) is 3.88. The van der Waals surface area contributed by atoms with Crippen molar-refractivity contribution < 1.29 is 18.7 Å². The quantitative estimate of drug-likeness (QED) is 0.817. The summed E-state index contributed by atoms with van der Waals surface area (Å²) in [6.45, 7) is 1.39. The first kappa shape index (κ1) is 11.1. The van der Waals surface area contributed by atoms with Crippen molar-refractivity contribution in [3.63, 3.8) is 0 Å². The Hall–Kier alpha value is -1.96. The molecule has 3 nitrogen and oxygen atoms in total. The molecule has 0 atom stereocenters. The molecule has 0 aliphatic carbocycles. The van der Waals surface area contributed by atoms with E-state index in [1.165, 1.54) is 13.0 Å². The number of nitriles is 1. The van der Waals surface area contributed by atoms with Crippen LogP contribution >= 0.6 is 0 Å². The fraction of sp³-hybridized carbons (Fsp3) is 0.200. The average molecular weight is 211 g/mol. The lowest BCUT2D eigenvalue weighted by atomic mass is 9.99. The zero-order valence-electron chi connectivity index (χ0n) is 7.79. The first-order valence-electron chi connectivity index (χ1n) is 4.03. The van der Waals surface area contributed by atoms with E-state index in [1.54, 1.807) is 6.07 Å². The van der Waals surface area contributed by atoms with Gasteiger partial charge >= 0.3 is 5.97 Å². The Kier molecular flexibility index (Phi) is 3.00. The van der Waals surface area contributed by atoms with Crippen molar-refractivity contribution in [3.8, 4) is 6.07 Å². The average Bonchev–Trinajstić information content (AvgIpc) is 2.15. The van der Waals surface area contributed by atoms with E-state index in [9.17, 15) is 13.6 Å². The number of carboxylic acids is 1. The third kappa shape index (κ3) is 2.10. The van der Waals surface area contributed by atoms with Gasteiger partial charge in [-0.3, -0.25) is 0 Å². The van der Waals surface area contributed by atoms with Crippen molar-refractivity contribution in [2.75, 3.05) is 0 Å². The molecule has 0 aromatic heterocycles. The number of hydrogen-bond donors (Lipinski definition) is 1. The standard InChI is InChI=1S/C10H7F2NO2/c1-5-2-6(4-13)3-7(9(11)12)8(5)10(14)15/h2-3,9H,1H3,(H,14,15). The van der Waals surface area contributed by atoms with Crippen LogP contribution in [0.3, 0.4) is 0 Å². The van der Waals surface area contributed by atoms with Crippen LogP contribution in [0.25, 0.3) is 0 Å². The Morgan fingerprint density at radius 1 is 1.53 bits per heavy atom. The largest absolute Gasteiger partial charge is 0.478 e. The molecule has 1 aromatic carbocycles. The van der Waals surface area contributed by atoms with Crippen molar-refractivity contribution in [1.82, 2.24) is 0 Å². The number of hydrogen-bond acceptors (Lipinski definition) is 2. The Bertz CT molecular complexity index is 449. The third-order valence-corrected chi connectivity index (χ3v) is 1.94. The molecule has 0 spiro atoms. The molecule has 0 saturated carbocycles. The number of nitrogens with zero attached hydrogens (tertiary/aromatic N) is 1. The van der Waals surface area contributed by atoms with Gasteiger partial charge in [0.1, 0.15) is 0 Å². The molecular weight excluding hydrogens is 204 g/mol. The molecule has 0 amide bonds. The molecule has 0 radical (unpaired) electrons. The maximum atomic E-state index is 12.5. The minimum atomic E-state index is -2.90. The second-order valence-electron chi connectivity index (χ2n) is 2.98. The van der Waals surface area contributed by atoms with E-state index in [0.717, 1.165) is 6.07 Å². The summed E-state index contributed by atoms with van der Waals surface area (Å²) >= 11 is 0. The summed E-state index contributed by atoms with van der Waals surface area (Å²) in [4.78, 5) is 10.7. The normalized spacial score (nSPS) is 10.1. The van der Waals surface area contributed by atoms with E-state index in [4.69, 9.17) is 10.4 Å². The number of alkyl halides is 2. The van der Waals surface area contributed by atoms with Crippen molar-refractivity contribution in [2.45, 2.75) is 13.3 Å². The van der Waals surface area contributed by atoms with E-state index in [1.807, 2.05) is 0 Å². The lowest BCUT2D eigenvalue weighted by molar-refractivity contribution is 0.0683. The van der Waals surface area contributed by atoms with Crippen molar-refractivity contribution in [1.29, 1.82) is 5.26 Å². The summed E-state index contributed by atoms with van der Waals surface area (Å²) in [5.41, 5.74) is -0.840. The van der Waals surface area contributed by atoms with Gasteiger partial charge in [0.2, 0.25) is 0 Å².